The number of hydrogen-bond acceptors (Lipinski definition) is 2. The summed E-state index contributed by atoms with van der Waals surface area (Å²) in [6.07, 6.45) is 3.62. The van der Waals surface area contributed by atoms with Crippen molar-refractivity contribution in [1.82, 2.24) is 0 Å². The maximum Gasteiger partial charge on any atom is 0.169 e. The summed E-state index contributed by atoms with van der Waals surface area (Å²) in [5.74, 6) is 6.06. The van der Waals surface area contributed by atoms with E-state index in [-0.39, 0.29) is 18.1 Å². The zero-order valence-corrected chi connectivity index (χ0v) is 10.8. The Morgan fingerprint density at radius 1 is 1.28 bits per heavy atom. The maximum absolute atomic E-state index is 13.7. The smallest absolute Gasteiger partial charge is 0.169 e. The van der Waals surface area contributed by atoms with E-state index in [0.29, 0.717) is 12.2 Å². The molecule has 0 unspecified atom stereocenters. The lowest BCUT2D eigenvalue weighted by Gasteiger charge is -2.08. The number of rotatable bonds is 6. The van der Waals surface area contributed by atoms with Crippen molar-refractivity contribution in [3.8, 4) is 17.6 Å². The van der Waals surface area contributed by atoms with Crippen LogP contribution in [-0.4, -0.2) is 6.61 Å². The van der Waals surface area contributed by atoms with Crippen LogP contribution in [0.5, 0.6) is 5.75 Å². The predicted molar refractivity (Wildman–Crippen MR) is 71.7 cm³/mol. The Labute approximate surface area is 108 Å². The fraction of sp³-hybridized carbons (Fsp3) is 0.467. The van der Waals surface area contributed by atoms with Crippen LogP contribution in [0.4, 0.5) is 4.39 Å². The third kappa shape index (κ3) is 4.77. The van der Waals surface area contributed by atoms with Crippen LogP contribution in [0.1, 0.15) is 38.2 Å². The minimum Gasteiger partial charge on any atom is -0.490 e. The van der Waals surface area contributed by atoms with Crippen LogP contribution in [-0.2, 0) is 6.54 Å². The molecule has 1 aromatic carbocycles. The zero-order chi connectivity index (χ0) is 13.2. The summed E-state index contributed by atoms with van der Waals surface area (Å²) in [6, 6.07) is 5.04. The van der Waals surface area contributed by atoms with Crippen molar-refractivity contribution in [3.05, 3.63) is 29.6 Å². The largest absolute Gasteiger partial charge is 0.490 e. The van der Waals surface area contributed by atoms with Crippen LogP contribution in [0, 0.1) is 17.7 Å². The molecule has 0 saturated heterocycles. The number of halogens is 1. The van der Waals surface area contributed by atoms with E-state index in [2.05, 4.69) is 18.8 Å². The standard InChI is InChI=1S/C15H20FNO/c1-2-3-4-5-6-7-11-18-14-10-8-9-13(12-17)15(14)16/h8-10H,2-3,6-7,11-12,17H2,1H3. The summed E-state index contributed by atoms with van der Waals surface area (Å²) < 4.78 is 19.1. The van der Waals surface area contributed by atoms with Gasteiger partial charge in [0.25, 0.3) is 0 Å². The number of unbranched alkanes of at least 4 members (excludes halogenated alkanes) is 2. The van der Waals surface area contributed by atoms with Gasteiger partial charge in [-0.2, -0.15) is 0 Å². The van der Waals surface area contributed by atoms with Gasteiger partial charge in [-0.3, -0.25) is 0 Å². The molecule has 18 heavy (non-hydrogen) atoms. The maximum atomic E-state index is 13.7. The van der Waals surface area contributed by atoms with Crippen molar-refractivity contribution in [2.24, 2.45) is 5.73 Å². The first-order valence-electron chi connectivity index (χ1n) is 6.35. The lowest BCUT2D eigenvalue weighted by molar-refractivity contribution is 0.296. The highest BCUT2D eigenvalue weighted by molar-refractivity contribution is 5.30. The zero-order valence-electron chi connectivity index (χ0n) is 10.8. The molecule has 0 spiro atoms. The molecule has 2 nitrogen and oxygen atoms in total. The van der Waals surface area contributed by atoms with Gasteiger partial charge in [0, 0.05) is 24.9 Å². The van der Waals surface area contributed by atoms with E-state index in [9.17, 15) is 4.39 Å². The molecular formula is C15H20FNO. The quantitative estimate of drug-likeness (QED) is 0.620. The van der Waals surface area contributed by atoms with Crippen molar-refractivity contribution in [3.63, 3.8) is 0 Å². The van der Waals surface area contributed by atoms with E-state index < -0.39 is 0 Å². The van der Waals surface area contributed by atoms with E-state index in [1.54, 1.807) is 18.2 Å². The monoisotopic (exact) mass is 249 g/mol. The average molecular weight is 249 g/mol. The molecule has 0 radical (unpaired) electrons. The highest BCUT2D eigenvalue weighted by Gasteiger charge is 2.06. The van der Waals surface area contributed by atoms with Crippen molar-refractivity contribution >= 4 is 0 Å². The van der Waals surface area contributed by atoms with E-state index >= 15 is 0 Å². The molecular weight excluding hydrogens is 229 g/mol. The minimum atomic E-state index is -0.350. The van der Waals surface area contributed by atoms with Gasteiger partial charge in [0.2, 0.25) is 0 Å². The first kappa shape index (κ1) is 14.5. The van der Waals surface area contributed by atoms with Gasteiger partial charge in [0.15, 0.2) is 11.6 Å². The highest BCUT2D eigenvalue weighted by atomic mass is 19.1. The topological polar surface area (TPSA) is 35.2 Å². The fourth-order valence-corrected chi connectivity index (χ4v) is 1.47. The molecule has 1 rings (SSSR count). The Morgan fingerprint density at radius 3 is 2.78 bits per heavy atom. The number of ether oxygens (including phenoxy) is 1. The Balaban J connectivity index is 2.34. The predicted octanol–water partition coefficient (Wildman–Crippen LogP) is 3.25. The van der Waals surface area contributed by atoms with Crippen molar-refractivity contribution in [2.45, 2.75) is 39.2 Å². The Morgan fingerprint density at radius 2 is 2.06 bits per heavy atom. The van der Waals surface area contributed by atoms with E-state index in [1.807, 2.05) is 0 Å². The highest BCUT2D eigenvalue weighted by Crippen LogP contribution is 2.20. The molecule has 3 heteroatoms. The van der Waals surface area contributed by atoms with Crippen LogP contribution in [0.3, 0.4) is 0 Å². The van der Waals surface area contributed by atoms with Crippen LogP contribution < -0.4 is 10.5 Å². The minimum absolute atomic E-state index is 0.186. The molecule has 0 bridgehead atoms. The van der Waals surface area contributed by atoms with Gasteiger partial charge in [-0.15, -0.1) is 11.8 Å². The van der Waals surface area contributed by atoms with Crippen molar-refractivity contribution in [1.29, 1.82) is 0 Å². The summed E-state index contributed by atoms with van der Waals surface area (Å²) in [7, 11) is 0. The lowest BCUT2D eigenvalue weighted by Crippen LogP contribution is -2.04. The normalized spacial score (nSPS) is 9.72. The molecule has 0 saturated carbocycles. The van der Waals surface area contributed by atoms with Gasteiger partial charge in [-0.05, 0) is 18.9 Å². The first-order chi connectivity index (χ1) is 8.79. The lowest BCUT2D eigenvalue weighted by atomic mass is 10.2. The summed E-state index contributed by atoms with van der Waals surface area (Å²) in [5.41, 5.74) is 5.91. The van der Waals surface area contributed by atoms with E-state index in [4.69, 9.17) is 10.5 Å². The second kappa shape index (κ2) is 8.54. The average Bonchev–Trinajstić information content (AvgIpc) is 2.39. The first-order valence-corrected chi connectivity index (χ1v) is 6.35. The van der Waals surface area contributed by atoms with Crippen LogP contribution in [0.15, 0.2) is 18.2 Å². The number of hydrogen-bond donors (Lipinski definition) is 1. The molecule has 0 amide bonds. The SMILES string of the molecule is CCCC#CCCCOc1cccc(CN)c1F. The molecule has 2 N–H and O–H groups in total. The number of benzene rings is 1. The summed E-state index contributed by atoms with van der Waals surface area (Å²) in [4.78, 5) is 0. The van der Waals surface area contributed by atoms with Gasteiger partial charge in [-0.1, -0.05) is 19.1 Å². The molecule has 98 valence electrons. The summed E-state index contributed by atoms with van der Waals surface area (Å²) >= 11 is 0. The van der Waals surface area contributed by atoms with Gasteiger partial charge in [-0.25, -0.2) is 4.39 Å². The molecule has 0 atom stereocenters. The summed E-state index contributed by atoms with van der Waals surface area (Å²) in [5, 5.41) is 0. The van der Waals surface area contributed by atoms with Gasteiger partial charge >= 0.3 is 0 Å². The van der Waals surface area contributed by atoms with Gasteiger partial charge < -0.3 is 10.5 Å². The van der Waals surface area contributed by atoms with Crippen LogP contribution in [0.25, 0.3) is 0 Å². The van der Waals surface area contributed by atoms with Crippen molar-refractivity contribution in [2.75, 3.05) is 6.61 Å². The Kier molecular flexibility index (Phi) is 6.90. The Hall–Kier alpha value is -1.53. The number of nitrogens with two attached hydrogens (primary N) is 1. The molecule has 0 fully saturated rings. The van der Waals surface area contributed by atoms with Crippen LogP contribution >= 0.6 is 0 Å². The third-order valence-electron chi connectivity index (χ3n) is 2.47. The molecule has 0 aliphatic heterocycles. The second-order valence-electron chi connectivity index (χ2n) is 3.99. The van der Waals surface area contributed by atoms with Gasteiger partial charge in [0.05, 0.1) is 6.61 Å². The van der Waals surface area contributed by atoms with Crippen LogP contribution in [0.2, 0.25) is 0 Å². The summed E-state index contributed by atoms with van der Waals surface area (Å²) in [6.45, 7) is 2.77. The molecule has 0 aromatic heterocycles. The molecule has 0 heterocycles. The second-order valence-corrected chi connectivity index (χ2v) is 3.99. The van der Waals surface area contributed by atoms with Crippen molar-refractivity contribution < 1.29 is 9.13 Å². The third-order valence-corrected chi connectivity index (χ3v) is 2.47. The van der Waals surface area contributed by atoms with E-state index in [0.717, 1.165) is 25.7 Å². The molecule has 0 aliphatic rings. The molecule has 1 aromatic rings. The van der Waals surface area contributed by atoms with Gasteiger partial charge in [0.1, 0.15) is 0 Å². The fourth-order valence-electron chi connectivity index (χ4n) is 1.47. The Bertz CT molecular complexity index is 420. The molecule has 0 aliphatic carbocycles. The van der Waals surface area contributed by atoms with E-state index in [1.165, 1.54) is 0 Å².